The summed E-state index contributed by atoms with van der Waals surface area (Å²) in [5, 5.41) is 3.61. The second kappa shape index (κ2) is 7.51. The predicted molar refractivity (Wildman–Crippen MR) is 99.9 cm³/mol. The van der Waals surface area contributed by atoms with Gasteiger partial charge in [0.2, 0.25) is 5.91 Å². The van der Waals surface area contributed by atoms with Crippen molar-refractivity contribution in [2.24, 2.45) is 0 Å². The van der Waals surface area contributed by atoms with Crippen molar-refractivity contribution in [3.05, 3.63) is 29.3 Å². The van der Waals surface area contributed by atoms with Crippen LogP contribution in [0, 0.1) is 0 Å². The molecule has 1 aromatic carbocycles. The Morgan fingerprint density at radius 1 is 1.28 bits per heavy atom. The Kier molecular flexibility index (Phi) is 5.55. The summed E-state index contributed by atoms with van der Waals surface area (Å²) < 4.78 is 23.0. The summed E-state index contributed by atoms with van der Waals surface area (Å²) >= 11 is 6.05. The van der Waals surface area contributed by atoms with Gasteiger partial charge in [-0.2, -0.15) is 0 Å². The molecule has 2 atom stereocenters. The third-order valence-electron chi connectivity index (χ3n) is 4.99. The maximum atomic E-state index is 12.4. The lowest BCUT2D eigenvalue weighted by Gasteiger charge is -2.38. The smallest absolute Gasteiger partial charge is 0.237 e. The van der Waals surface area contributed by atoms with Crippen LogP contribution in [0.3, 0.4) is 0 Å². The highest BCUT2D eigenvalue weighted by Crippen LogP contribution is 2.21. The first-order valence-electron chi connectivity index (χ1n) is 8.59. The van der Waals surface area contributed by atoms with Crippen molar-refractivity contribution < 1.29 is 13.2 Å². The first-order chi connectivity index (χ1) is 11.8. The lowest BCUT2D eigenvalue weighted by Crippen LogP contribution is -2.55. The van der Waals surface area contributed by atoms with Gasteiger partial charge < -0.3 is 10.2 Å². The van der Waals surface area contributed by atoms with Crippen molar-refractivity contribution in [1.82, 2.24) is 10.2 Å². The number of carbonyl (C=O) groups is 1. The van der Waals surface area contributed by atoms with Crippen LogP contribution in [0.15, 0.2) is 24.3 Å². The number of sulfone groups is 1. The average Bonchev–Trinajstić information content (AvgIpc) is 2.93. The molecule has 0 bridgehead atoms. The molecule has 0 radical (unpaired) electrons. The Bertz CT molecular complexity index is 732. The van der Waals surface area contributed by atoms with E-state index in [9.17, 15) is 13.2 Å². The molecule has 2 fully saturated rings. The Labute approximate surface area is 154 Å². The van der Waals surface area contributed by atoms with E-state index in [4.69, 9.17) is 11.6 Å². The summed E-state index contributed by atoms with van der Waals surface area (Å²) in [5.74, 6) is 0.150. The molecule has 1 N–H and O–H groups in total. The molecule has 25 heavy (non-hydrogen) atoms. The first-order valence-corrected chi connectivity index (χ1v) is 10.8. The maximum Gasteiger partial charge on any atom is 0.237 e. The molecular weight excluding hydrogens is 362 g/mol. The fourth-order valence-electron chi connectivity index (χ4n) is 3.44. The van der Waals surface area contributed by atoms with E-state index in [1.165, 1.54) is 0 Å². The summed E-state index contributed by atoms with van der Waals surface area (Å²) in [7, 11) is -2.98. The molecule has 6 nitrogen and oxygen atoms in total. The molecule has 138 valence electrons. The molecule has 0 aromatic heterocycles. The average molecular weight is 386 g/mol. The highest BCUT2D eigenvalue weighted by Gasteiger charge is 2.32. The van der Waals surface area contributed by atoms with Crippen LogP contribution in [0.2, 0.25) is 5.02 Å². The highest BCUT2D eigenvalue weighted by molar-refractivity contribution is 7.91. The number of rotatable bonds is 4. The number of nitrogens with one attached hydrogen (secondary N) is 1. The van der Waals surface area contributed by atoms with Crippen LogP contribution in [0.1, 0.15) is 13.3 Å². The Hall–Kier alpha value is -1.31. The minimum atomic E-state index is -2.98. The van der Waals surface area contributed by atoms with Crippen molar-refractivity contribution >= 4 is 33.0 Å². The minimum Gasteiger partial charge on any atom is -0.369 e. The number of carbonyl (C=O) groups excluding carboxylic acids is 1. The SMILES string of the molecule is C[C@H](C(=O)N[C@H]1CCS(=O)(=O)C1)N1CCN(c2cccc(Cl)c2)CC1. The van der Waals surface area contributed by atoms with Crippen LogP contribution >= 0.6 is 11.6 Å². The molecule has 2 aliphatic rings. The molecule has 2 aliphatic heterocycles. The molecule has 0 unspecified atom stereocenters. The lowest BCUT2D eigenvalue weighted by molar-refractivity contribution is -0.126. The third kappa shape index (κ3) is 4.65. The summed E-state index contributed by atoms with van der Waals surface area (Å²) in [6.07, 6.45) is 0.517. The van der Waals surface area contributed by atoms with Crippen molar-refractivity contribution in [1.29, 1.82) is 0 Å². The van der Waals surface area contributed by atoms with E-state index in [1.807, 2.05) is 31.2 Å². The molecule has 3 rings (SSSR count). The second-order valence-electron chi connectivity index (χ2n) is 6.79. The van der Waals surface area contributed by atoms with Gasteiger partial charge in [0.1, 0.15) is 0 Å². The summed E-state index contributed by atoms with van der Waals surface area (Å²) in [6.45, 7) is 5.10. The molecule has 1 aromatic rings. The van der Waals surface area contributed by atoms with Crippen LogP contribution in [0.4, 0.5) is 5.69 Å². The van der Waals surface area contributed by atoms with E-state index in [1.54, 1.807) is 0 Å². The number of hydrogen-bond donors (Lipinski definition) is 1. The lowest BCUT2D eigenvalue weighted by atomic mass is 10.1. The zero-order chi connectivity index (χ0) is 18.0. The predicted octanol–water partition coefficient (Wildman–Crippen LogP) is 1.15. The van der Waals surface area contributed by atoms with Crippen molar-refractivity contribution in [2.45, 2.75) is 25.4 Å². The zero-order valence-electron chi connectivity index (χ0n) is 14.3. The number of piperazine rings is 1. The van der Waals surface area contributed by atoms with Gasteiger partial charge in [-0.3, -0.25) is 9.69 Å². The number of benzene rings is 1. The maximum absolute atomic E-state index is 12.4. The third-order valence-corrected chi connectivity index (χ3v) is 7.00. The normalized spacial score (nSPS) is 24.9. The topological polar surface area (TPSA) is 69.7 Å². The number of hydrogen-bond acceptors (Lipinski definition) is 5. The van der Waals surface area contributed by atoms with Gasteiger partial charge in [-0.05, 0) is 31.5 Å². The zero-order valence-corrected chi connectivity index (χ0v) is 15.9. The highest BCUT2D eigenvalue weighted by atomic mass is 35.5. The van der Waals surface area contributed by atoms with Crippen LogP contribution in [-0.2, 0) is 14.6 Å². The van der Waals surface area contributed by atoms with E-state index in [2.05, 4.69) is 15.1 Å². The number of nitrogens with zero attached hydrogens (tertiary/aromatic N) is 2. The molecule has 0 spiro atoms. The van der Waals surface area contributed by atoms with Crippen molar-refractivity contribution in [3.8, 4) is 0 Å². The van der Waals surface area contributed by atoms with Crippen LogP contribution in [0.25, 0.3) is 0 Å². The fourth-order valence-corrected chi connectivity index (χ4v) is 5.29. The van der Waals surface area contributed by atoms with E-state index in [0.29, 0.717) is 6.42 Å². The van der Waals surface area contributed by atoms with Crippen LogP contribution in [0.5, 0.6) is 0 Å². The summed E-state index contributed by atoms with van der Waals surface area (Å²) in [6, 6.07) is 7.29. The Morgan fingerprint density at radius 3 is 2.60 bits per heavy atom. The van der Waals surface area contributed by atoms with E-state index in [-0.39, 0.29) is 29.5 Å². The first kappa shape index (κ1) is 18.5. The van der Waals surface area contributed by atoms with Gasteiger partial charge in [0.15, 0.2) is 9.84 Å². The molecular formula is C17H24ClN3O3S. The molecule has 0 saturated carbocycles. The van der Waals surface area contributed by atoms with Crippen molar-refractivity contribution in [2.75, 3.05) is 42.6 Å². The van der Waals surface area contributed by atoms with E-state index >= 15 is 0 Å². The fraction of sp³-hybridized carbons (Fsp3) is 0.588. The van der Waals surface area contributed by atoms with Gasteiger partial charge in [0, 0.05) is 42.9 Å². The minimum absolute atomic E-state index is 0.0635. The quantitative estimate of drug-likeness (QED) is 0.842. The van der Waals surface area contributed by atoms with Gasteiger partial charge in [-0.15, -0.1) is 0 Å². The molecule has 8 heteroatoms. The standard InChI is InChI=1S/C17H24ClN3O3S/c1-13(17(22)19-15-5-10-25(23,24)12-15)20-6-8-21(9-7-20)16-4-2-3-14(18)11-16/h2-4,11,13,15H,5-10,12H2,1H3,(H,19,22)/t13-,15+/m1/s1. The van der Waals surface area contributed by atoms with Gasteiger partial charge >= 0.3 is 0 Å². The van der Waals surface area contributed by atoms with Gasteiger partial charge in [-0.25, -0.2) is 8.42 Å². The molecule has 2 heterocycles. The number of amides is 1. The molecule has 1 amide bonds. The van der Waals surface area contributed by atoms with E-state index in [0.717, 1.165) is 36.9 Å². The van der Waals surface area contributed by atoms with Crippen LogP contribution < -0.4 is 10.2 Å². The number of anilines is 1. The summed E-state index contributed by atoms with van der Waals surface area (Å²) in [4.78, 5) is 16.8. The molecule has 0 aliphatic carbocycles. The number of halogens is 1. The second-order valence-corrected chi connectivity index (χ2v) is 9.45. The van der Waals surface area contributed by atoms with Gasteiger partial charge in [0.25, 0.3) is 0 Å². The largest absolute Gasteiger partial charge is 0.369 e. The van der Waals surface area contributed by atoms with Gasteiger partial charge in [-0.1, -0.05) is 17.7 Å². The van der Waals surface area contributed by atoms with Crippen LogP contribution in [-0.4, -0.2) is 69.0 Å². The van der Waals surface area contributed by atoms with Crippen molar-refractivity contribution in [3.63, 3.8) is 0 Å². The Balaban J connectivity index is 1.51. The monoisotopic (exact) mass is 385 g/mol. The van der Waals surface area contributed by atoms with Gasteiger partial charge in [0.05, 0.1) is 17.5 Å². The molecule has 2 saturated heterocycles. The Morgan fingerprint density at radius 2 is 2.00 bits per heavy atom. The van der Waals surface area contributed by atoms with E-state index < -0.39 is 9.84 Å². The summed E-state index contributed by atoms with van der Waals surface area (Å²) in [5.41, 5.74) is 1.10.